The summed E-state index contributed by atoms with van der Waals surface area (Å²) in [5.41, 5.74) is 0.617. The molecule has 6 heteroatoms. The van der Waals surface area contributed by atoms with Gasteiger partial charge in [0.25, 0.3) is 0 Å². The highest BCUT2D eigenvalue weighted by atomic mass is 32.2. The summed E-state index contributed by atoms with van der Waals surface area (Å²) < 4.78 is 24.1. The van der Waals surface area contributed by atoms with Gasteiger partial charge in [-0.05, 0) is 12.5 Å². The summed E-state index contributed by atoms with van der Waals surface area (Å²) in [6, 6.07) is -0.109. The molecule has 0 radical (unpaired) electrons. The molecule has 1 amide bonds. The van der Waals surface area contributed by atoms with E-state index in [4.69, 9.17) is 0 Å². The minimum atomic E-state index is -3.48. The maximum atomic E-state index is 12.0. The van der Waals surface area contributed by atoms with Crippen molar-refractivity contribution in [1.29, 1.82) is 0 Å². The van der Waals surface area contributed by atoms with Gasteiger partial charge in [-0.25, -0.2) is 12.7 Å². The maximum Gasteiger partial charge on any atom is 0.245 e. The van der Waals surface area contributed by atoms with Gasteiger partial charge in [0.05, 0.1) is 23.9 Å². The zero-order valence-electron chi connectivity index (χ0n) is 9.43. The Bertz CT molecular complexity index is 441. The van der Waals surface area contributed by atoms with E-state index >= 15 is 0 Å². The zero-order valence-corrected chi connectivity index (χ0v) is 10.3. The van der Waals surface area contributed by atoms with E-state index in [1.807, 2.05) is 6.92 Å². The Morgan fingerprint density at radius 3 is 2.81 bits per heavy atom. The number of sulfonamides is 1. The van der Waals surface area contributed by atoms with Crippen molar-refractivity contribution in [2.24, 2.45) is 5.92 Å². The van der Waals surface area contributed by atoms with Crippen LogP contribution in [0.1, 0.15) is 19.8 Å². The highest BCUT2D eigenvalue weighted by Crippen LogP contribution is 2.35. The molecule has 2 aliphatic heterocycles. The van der Waals surface area contributed by atoms with Crippen molar-refractivity contribution < 1.29 is 13.2 Å². The fraction of sp³-hybridized carbons (Fsp3) is 0.700. The molecule has 0 aromatic rings. The first-order valence-electron chi connectivity index (χ1n) is 5.44. The summed E-state index contributed by atoms with van der Waals surface area (Å²) in [4.78, 5) is 12.0. The number of hydrogen-bond acceptors (Lipinski definition) is 4. The lowest BCUT2D eigenvalue weighted by atomic mass is 9.97. The molecule has 90 valence electrons. The van der Waals surface area contributed by atoms with Gasteiger partial charge in [0.2, 0.25) is 15.9 Å². The molecule has 1 fully saturated rings. The lowest BCUT2D eigenvalue weighted by molar-refractivity contribution is -0.127. The topological polar surface area (TPSA) is 66.5 Å². The van der Waals surface area contributed by atoms with Gasteiger partial charge < -0.3 is 5.32 Å². The van der Waals surface area contributed by atoms with Crippen molar-refractivity contribution in [3.05, 3.63) is 11.8 Å². The Morgan fingerprint density at radius 2 is 2.25 bits per heavy atom. The van der Waals surface area contributed by atoms with Crippen LogP contribution < -0.4 is 5.32 Å². The predicted molar refractivity (Wildman–Crippen MR) is 60.0 cm³/mol. The fourth-order valence-electron chi connectivity index (χ4n) is 2.46. The Morgan fingerprint density at radius 1 is 1.56 bits per heavy atom. The molecule has 0 bridgehead atoms. The monoisotopic (exact) mass is 244 g/mol. The third kappa shape index (κ3) is 1.66. The van der Waals surface area contributed by atoms with Crippen LogP contribution in [0.4, 0.5) is 0 Å². The van der Waals surface area contributed by atoms with Crippen LogP contribution in [-0.2, 0) is 14.8 Å². The second-order valence-corrected chi connectivity index (χ2v) is 6.11. The minimum absolute atomic E-state index is 0.109. The first-order valence-corrected chi connectivity index (χ1v) is 7.29. The van der Waals surface area contributed by atoms with Gasteiger partial charge >= 0.3 is 0 Å². The molecule has 2 rings (SSSR count). The molecule has 16 heavy (non-hydrogen) atoms. The Kier molecular flexibility index (Phi) is 2.79. The third-order valence-electron chi connectivity index (χ3n) is 3.05. The predicted octanol–water partition coefficient (Wildman–Crippen LogP) is 0.0602. The normalized spacial score (nSPS) is 29.5. The number of carbonyl (C=O) groups is 1. The van der Waals surface area contributed by atoms with E-state index in [9.17, 15) is 13.2 Å². The van der Waals surface area contributed by atoms with E-state index in [1.54, 1.807) is 6.08 Å². The zero-order chi connectivity index (χ0) is 11.9. The number of hydrogen-bond donors (Lipinski definition) is 1. The van der Waals surface area contributed by atoms with Crippen LogP contribution in [0.5, 0.6) is 0 Å². The van der Waals surface area contributed by atoms with Crippen molar-refractivity contribution in [2.75, 3.05) is 12.8 Å². The van der Waals surface area contributed by atoms with E-state index in [0.717, 1.165) is 23.4 Å². The molecule has 1 N–H and O–H groups in total. The van der Waals surface area contributed by atoms with Crippen LogP contribution in [-0.4, -0.2) is 37.5 Å². The summed E-state index contributed by atoms with van der Waals surface area (Å²) in [5.74, 6) is -0.513. The van der Waals surface area contributed by atoms with Gasteiger partial charge in [0, 0.05) is 6.54 Å². The Balaban J connectivity index is 2.38. The summed E-state index contributed by atoms with van der Waals surface area (Å²) in [5, 5.41) is 3.17. The lowest BCUT2D eigenvalue weighted by Gasteiger charge is -2.14. The number of rotatable bonds is 3. The van der Waals surface area contributed by atoms with Crippen LogP contribution in [0.15, 0.2) is 11.8 Å². The Hall–Kier alpha value is -0.880. The van der Waals surface area contributed by atoms with Gasteiger partial charge in [-0.1, -0.05) is 13.3 Å². The van der Waals surface area contributed by atoms with Gasteiger partial charge in [-0.2, -0.15) is 0 Å². The molecule has 5 nitrogen and oxygen atoms in total. The highest BCUT2D eigenvalue weighted by Gasteiger charge is 2.48. The minimum Gasteiger partial charge on any atom is -0.304 e. The van der Waals surface area contributed by atoms with Gasteiger partial charge in [0.15, 0.2) is 0 Å². The Labute approximate surface area is 95.6 Å². The van der Waals surface area contributed by atoms with Crippen LogP contribution in [0.2, 0.25) is 0 Å². The largest absolute Gasteiger partial charge is 0.304 e. The van der Waals surface area contributed by atoms with E-state index in [0.29, 0.717) is 12.2 Å². The molecule has 2 atom stereocenters. The van der Waals surface area contributed by atoms with Gasteiger partial charge in [-0.15, -0.1) is 0 Å². The molecule has 0 aliphatic carbocycles. The molecule has 0 saturated carbocycles. The van der Waals surface area contributed by atoms with Crippen LogP contribution in [0, 0.1) is 5.92 Å². The van der Waals surface area contributed by atoms with Crippen LogP contribution in [0.25, 0.3) is 0 Å². The van der Waals surface area contributed by atoms with Gasteiger partial charge in [-0.3, -0.25) is 4.79 Å². The van der Waals surface area contributed by atoms with Crippen LogP contribution >= 0.6 is 0 Å². The van der Waals surface area contributed by atoms with Crippen molar-refractivity contribution in [3.63, 3.8) is 0 Å². The standard InChI is InChI=1S/C10H16N2O3S/c1-3-4-7-9-8(5-6-11-9)12(10(7)13)16(2,14)15/h5,7,9,11H,3-4,6H2,1-2H3/t7-,9-/m0/s1. The molecular formula is C10H16N2O3S. The van der Waals surface area contributed by atoms with Crippen molar-refractivity contribution >= 4 is 15.9 Å². The average molecular weight is 244 g/mol. The van der Waals surface area contributed by atoms with E-state index in [1.165, 1.54) is 0 Å². The second kappa shape index (κ2) is 3.85. The van der Waals surface area contributed by atoms with Crippen molar-refractivity contribution in [2.45, 2.75) is 25.8 Å². The number of fused-ring (bicyclic) bond motifs is 1. The smallest absolute Gasteiger partial charge is 0.245 e. The molecule has 2 aliphatic rings. The lowest BCUT2D eigenvalue weighted by Crippen LogP contribution is -2.33. The second-order valence-electron chi connectivity index (χ2n) is 4.28. The quantitative estimate of drug-likeness (QED) is 0.762. The van der Waals surface area contributed by atoms with Gasteiger partial charge in [0.1, 0.15) is 0 Å². The van der Waals surface area contributed by atoms with E-state index in [-0.39, 0.29) is 17.9 Å². The maximum absolute atomic E-state index is 12.0. The first kappa shape index (κ1) is 11.6. The first-order chi connectivity index (χ1) is 7.46. The molecule has 0 spiro atoms. The molecule has 0 aromatic heterocycles. The van der Waals surface area contributed by atoms with Crippen molar-refractivity contribution in [1.82, 2.24) is 9.62 Å². The third-order valence-corrected chi connectivity index (χ3v) is 4.11. The number of carbonyl (C=O) groups excluding carboxylic acids is 1. The summed E-state index contributed by atoms with van der Waals surface area (Å²) in [7, 11) is -3.48. The van der Waals surface area contributed by atoms with E-state index < -0.39 is 10.0 Å². The fourth-order valence-corrected chi connectivity index (χ4v) is 3.49. The highest BCUT2D eigenvalue weighted by molar-refractivity contribution is 7.89. The van der Waals surface area contributed by atoms with Crippen LogP contribution in [0.3, 0.4) is 0 Å². The average Bonchev–Trinajstić information content (AvgIpc) is 2.68. The molecular weight excluding hydrogens is 228 g/mol. The molecule has 0 aromatic carbocycles. The summed E-state index contributed by atoms with van der Waals surface area (Å²) in [6.45, 7) is 2.63. The van der Waals surface area contributed by atoms with E-state index in [2.05, 4.69) is 5.32 Å². The number of nitrogens with one attached hydrogen (secondary N) is 1. The SMILES string of the molecule is CCC[C@@H]1C(=O)N(S(C)(=O)=O)C2=CCN[C@H]21. The summed E-state index contributed by atoms with van der Waals surface area (Å²) >= 11 is 0. The molecule has 0 unspecified atom stereocenters. The van der Waals surface area contributed by atoms with Crippen molar-refractivity contribution in [3.8, 4) is 0 Å². The summed E-state index contributed by atoms with van der Waals surface area (Å²) in [6.07, 6.45) is 4.47. The number of amides is 1. The number of nitrogens with zero attached hydrogens (tertiary/aromatic N) is 1. The molecule has 2 heterocycles. The molecule has 1 saturated heterocycles.